The maximum atomic E-state index is 13.4. The first-order valence-corrected chi connectivity index (χ1v) is 11.4. The van der Waals surface area contributed by atoms with Gasteiger partial charge in [-0.25, -0.2) is 0 Å². The molecule has 28 heavy (non-hydrogen) atoms. The molecule has 3 nitrogen and oxygen atoms in total. The average Bonchev–Trinajstić information content (AvgIpc) is 2.68. The average molecular weight is 406 g/mol. The van der Waals surface area contributed by atoms with E-state index in [0.717, 1.165) is 55.5 Å². The molecule has 0 bridgehead atoms. The Balaban J connectivity index is 0.00000392. The summed E-state index contributed by atoms with van der Waals surface area (Å²) in [4.78, 5) is 26.5. The number of para-hydroxylation sites is 1. The van der Waals surface area contributed by atoms with E-state index in [-0.39, 0.29) is 29.8 Å². The minimum absolute atomic E-state index is 0. The number of anilines is 1. The van der Waals surface area contributed by atoms with Crippen molar-refractivity contribution < 1.29 is 9.59 Å². The van der Waals surface area contributed by atoms with E-state index < -0.39 is 0 Å². The van der Waals surface area contributed by atoms with Crippen molar-refractivity contribution in [2.75, 3.05) is 5.32 Å². The van der Waals surface area contributed by atoms with Crippen molar-refractivity contribution in [3.05, 3.63) is 24.3 Å². The third-order valence-corrected chi connectivity index (χ3v) is 7.19. The van der Waals surface area contributed by atoms with Gasteiger partial charge in [0.25, 0.3) is 0 Å². The largest absolute Gasteiger partial charge is 0.325 e. The van der Waals surface area contributed by atoms with Gasteiger partial charge in [-0.15, -0.1) is 0 Å². The number of amides is 1. The highest BCUT2D eigenvalue weighted by molar-refractivity contribution is 8.13. The van der Waals surface area contributed by atoms with Gasteiger partial charge in [0.05, 0.1) is 5.69 Å². The van der Waals surface area contributed by atoms with E-state index in [9.17, 15) is 9.59 Å². The second-order valence-corrected chi connectivity index (χ2v) is 9.30. The van der Waals surface area contributed by atoms with E-state index in [0.29, 0.717) is 5.92 Å². The van der Waals surface area contributed by atoms with E-state index >= 15 is 0 Å². The first-order valence-electron chi connectivity index (χ1n) is 10.5. The molecule has 0 heterocycles. The van der Waals surface area contributed by atoms with Crippen molar-refractivity contribution in [1.29, 1.82) is 0 Å². The van der Waals surface area contributed by atoms with Crippen LogP contribution in [0, 0.1) is 17.3 Å². The van der Waals surface area contributed by atoms with Gasteiger partial charge in [0, 0.05) is 16.2 Å². The summed E-state index contributed by atoms with van der Waals surface area (Å²) in [6, 6.07) is 7.69. The van der Waals surface area contributed by atoms with Crippen molar-refractivity contribution in [2.24, 2.45) is 17.3 Å². The van der Waals surface area contributed by atoms with Crippen LogP contribution in [0.5, 0.6) is 0 Å². The van der Waals surface area contributed by atoms with Crippen molar-refractivity contribution in [3.63, 3.8) is 0 Å². The molecule has 2 rings (SSSR count). The summed E-state index contributed by atoms with van der Waals surface area (Å²) in [6.07, 6.45) is 8.69. The van der Waals surface area contributed by atoms with E-state index in [4.69, 9.17) is 0 Å². The number of hydrogen-bond acceptors (Lipinski definition) is 3. The molecule has 1 N–H and O–H groups in total. The van der Waals surface area contributed by atoms with Crippen LogP contribution in [-0.4, -0.2) is 11.0 Å². The predicted molar refractivity (Wildman–Crippen MR) is 122 cm³/mol. The summed E-state index contributed by atoms with van der Waals surface area (Å²) in [5.41, 5.74) is 0.519. The van der Waals surface area contributed by atoms with E-state index in [1.165, 1.54) is 18.2 Å². The molecule has 0 aliphatic heterocycles. The number of hydrogen-bond donors (Lipinski definition) is 1. The zero-order valence-corrected chi connectivity index (χ0v) is 18.2. The molecule has 1 aliphatic rings. The van der Waals surface area contributed by atoms with Crippen LogP contribution >= 0.6 is 11.8 Å². The lowest BCUT2D eigenvalue weighted by molar-refractivity contribution is -0.128. The monoisotopic (exact) mass is 405 g/mol. The fraction of sp³-hybridized carbons (Fsp3) is 0.667. The second-order valence-electron chi connectivity index (χ2n) is 8.25. The summed E-state index contributed by atoms with van der Waals surface area (Å²) < 4.78 is 0. The molecule has 1 amide bonds. The van der Waals surface area contributed by atoms with Crippen LogP contribution in [0.2, 0.25) is 0 Å². The van der Waals surface area contributed by atoms with Crippen LogP contribution in [-0.2, 0) is 9.59 Å². The van der Waals surface area contributed by atoms with Crippen LogP contribution in [0.15, 0.2) is 29.2 Å². The molecule has 1 fully saturated rings. The molecular formula is C24H39NO2S. The Hall–Kier alpha value is -1.29. The first kappa shape index (κ1) is 24.7. The third kappa shape index (κ3) is 6.37. The molecule has 0 radical (unpaired) electrons. The lowest BCUT2D eigenvalue weighted by Crippen LogP contribution is -2.39. The van der Waals surface area contributed by atoms with E-state index in [1.807, 2.05) is 38.1 Å². The number of carbonyl (C=O) groups is 2. The molecular weight excluding hydrogens is 366 g/mol. The number of thioether (sulfide) groups is 1. The van der Waals surface area contributed by atoms with Crippen LogP contribution < -0.4 is 5.32 Å². The van der Waals surface area contributed by atoms with E-state index in [2.05, 4.69) is 19.2 Å². The fourth-order valence-electron chi connectivity index (χ4n) is 4.02. The number of carbonyl (C=O) groups excluding carboxylic acids is 2. The van der Waals surface area contributed by atoms with Gasteiger partial charge in [-0.3, -0.25) is 9.59 Å². The van der Waals surface area contributed by atoms with Crippen LogP contribution in [0.1, 0.15) is 86.5 Å². The molecule has 0 spiro atoms. The highest BCUT2D eigenvalue weighted by Crippen LogP contribution is 2.44. The summed E-state index contributed by atoms with van der Waals surface area (Å²) >= 11 is 1.24. The maximum absolute atomic E-state index is 13.4. The Kier molecular flexibility index (Phi) is 10.3. The van der Waals surface area contributed by atoms with Gasteiger partial charge in [-0.2, -0.15) is 0 Å². The Morgan fingerprint density at radius 1 is 1.07 bits per heavy atom. The Morgan fingerprint density at radius 2 is 1.68 bits per heavy atom. The normalized spacial score (nSPS) is 15.9. The quantitative estimate of drug-likeness (QED) is 0.461. The number of benzene rings is 1. The second kappa shape index (κ2) is 11.6. The molecule has 1 aliphatic carbocycles. The smallest absolute Gasteiger partial charge is 0.230 e. The summed E-state index contributed by atoms with van der Waals surface area (Å²) in [6.45, 7) is 8.27. The van der Waals surface area contributed by atoms with Crippen molar-refractivity contribution in [1.82, 2.24) is 0 Å². The maximum Gasteiger partial charge on any atom is 0.230 e. The Morgan fingerprint density at radius 3 is 2.25 bits per heavy atom. The highest BCUT2D eigenvalue weighted by Gasteiger charge is 2.40. The zero-order valence-electron chi connectivity index (χ0n) is 17.3. The molecule has 0 atom stereocenters. The van der Waals surface area contributed by atoms with Crippen molar-refractivity contribution in [3.8, 4) is 0 Å². The molecule has 0 aromatic heterocycles. The SMILES string of the molecule is C.CCC(CC)CC1(C(=O)Nc2ccccc2SC(=O)C(C)C)CCCCC1. The minimum Gasteiger partial charge on any atom is -0.325 e. The van der Waals surface area contributed by atoms with Crippen molar-refractivity contribution >= 4 is 28.5 Å². The standard InChI is InChI=1S/C23H35NO2S.CH4/c1-5-18(6-2)16-23(14-10-7-11-15-23)22(26)24-19-12-8-9-13-20(19)27-21(25)17(3)4;/h8-9,12-13,17-18H,5-7,10-11,14-16H2,1-4H3,(H,24,26);1H4. The van der Waals surface area contributed by atoms with E-state index in [1.54, 1.807) is 0 Å². The topological polar surface area (TPSA) is 46.2 Å². The molecule has 0 unspecified atom stereocenters. The van der Waals surface area contributed by atoms with Gasteiger partial charge < -0.3 is 5.32 Å². The first-order chi connectivity index (χ1) is 12.9. The predicted octanol–water partition coefficient (Wildman–Crippen LogP) is 7.31. The number of nitrogens with one attached hydrogen (secondary N) is 1. The van der Waals surface area contributed by atoms with Gasteiger partial charge in [-0.05, 0) is 49.1 Å². The van der Waals surface area contributed by atoms with Gasteiger partial charge in [0.15, 0.2) is 5.12 Å². The van der Waals surface area contributed by atoms with Crippen LogP contribution in [0.4, 0.5) is 5.69 Å². The highest BCUT2D eigenvalue weighted by atomic mass is 32.2. The lowest BCUT2D eigenvalue weighted by Gasteiger charge is -2.38. The Bertz CT molecular complexity index is 631. The van der Waals surface area contributed by atoms with Gasteiger partial charge >= 0.3 is 0 Å². The summed E-state index contributed by atoms with van der Waals surface area (Å²) in [5.74, 6) is 0.721. The van der Waals surface area contributed by atoms with Gasteiger partial charge in [0.1, 0.15) is 0 Å². The van der Waals surface area contributed by atoms with Crippen LogP contribution in [0.25, 0.3) is 0 Å². The molecule has 158 valence electrons. The third-order valence-electron chi connectivity index (χ3n) is 5.94. The molecule has 1 aromatic carbocycles. The molecule has 1 aromatic rings. The molecule has 1 saturated carbocycles. The molecule has 4 heteroatoms. The lowest BCUT2D eigenvalue weighted by atomic mass is 9.67. The molecule has 0 saturated heterocycles. The van der Waals surface area contributed by atoms with Crippen molar-refractivity contribution in [2.45, 2.75) is 91.4 Å². The Labute approximate surface area is 176 Å². The van der Waals surface area contributed by atoms with Gasteiger partial charge in [-0.1, -0.05) is 79.4 Å². The summed E-state index contributed by atoms with van der Waals surface area (Å²) in [5, 5.41) is 3.33. The zero-order chi connectivity index (χ0) is 19.9. The summed E-state index contributed by atoms with van der Waals surface area (Å²) in [7, 11) is 0. The van der Waals surface area contributed by atoms with Crippen LogP contribution in [0.3, 0.4) is 0 Å². The van der Waals surface area contributed by atoms with Gasteiger partial charge in [0.2, 0.25) is 5.91 Å². The fourth-order valence-corrected chi connectivity index (χ4v) is 4.85. The minimum atomic E-state index is -0.255. The number of rotatable bonds is 8.